The van der Waals surface area contributed by atoms with Crippen LogP contribution in [0.25, 0.3) is 28.2 Å². The van der Waals surface area contributed by atoms with Gasteiger partial charge in [0, 0.05) is 41.0 Å². The molecule has 8 heteroatoms. The summed E-state index contributed by atoms with van der Waals surface area (Å²) in [5.41, 5.74) is 4.58. The number of nitrogens with zero attached hydrogens (tertiary/aromatic N) is 3. The molecular formula is C33H33Cl2N3O3. The van der Waals surface area contributed by atoms with Gasteiger partial charge in [-0.1, -0.05) is 46.6 Å². The largest absolute Gasteiger partial charge is 0.493 e. The lowest BCUT2D eigenvalue weighted by Gasteiger charge is -2.52. The minimum atomic E-state index is -0.113. The van der Waals surface area contributed by atoms with Gasteiger partial charge in [-0.2, -0.15) is 0 Å². The highest BCUT2D eigenvalue weighted by atomic mass is 35.5. The number of ether oxygens (including phenoxy) is 2. The lowest BCUT2D eigenvalue weighted by atomic mass is 9.58. The fourth-order valence-corrected chi connectivity index (χ4v) is 7.17. The van der Waals surface area contributed by atoms with Crippen LogP contribution in [0.1, 0.15) is 81.1 Å². The standard InChI is InChI=1S/C33H33Cl2N3O3/c1-2-39-28-8-16-37-27-6-3-21(17-23(27)28)7-9-32-10-13-33(14-11-32,15-12-32)40-20-24-30(38-41-31(24)22-4-5-22)29-25(34)18-36-19-26(29)35/h3,6-9,16-19,22H,2,4-5,10-15,20H2,1H3/b9-7+. The number of hydrogen-bond donors (Lipinski definition) is 0. The van der Waals surface area contributed by atoms with Gasteiger partial charge in [-0.3, -0.25) is 9.97 Å². The van der Waals surface area contributed by atoms with Crippen LogP contribution in [0.15, 0.2) is 53.5 Å². The molecule has 6 nitrogen and oxygen atoms in total. The molecule has 4 aliphatic rings. The Balaban J connectivity index is 1.07. The molecule has 0 N–H and O–H groups in total. The van der Waals surface area contributed by atoms with Crippen LogP contribution in [0.2, 0.25) is 10.0 Å². The van der Waals surface area contributed by atoms with Crippen molar-refractivity contribution in [1.29, 1.82) is 0 Å². The first-order chi connectivity index (χ1) is 20.0. The molecule has 4 aliphatic carbocycles. The van der Waals surface area contributed by atoms with E-state index in [4.69, 9.17) is 37.2 Å². The van der Waals surface area contributed by atoms with Crippen LogP contribution in [0.4, 0.5) is 0 Å². The smallest absolute Gasteiger partial charge is 0.145 e. The Labute approximate surface area is 250 Å². The van der Waals surface area contributed by atoms with E-state index < -0.39 is 0 Å². The van der Waals surface area contributed by atoms with Crippen LogP contribution in [-0.2, 0) is 11.3 Å². The summed E-state index contributed by atoms with van der Waals surface area (Å²) in [4.78, 5) is 8.60. The third kappa shape index (κ3) is 5.15. The van der Waals surface area contributed by atoms with Crippen molar-refractivity contribution in [2.45, 2.75) is 76.4 Å². The van der Waals surface area contributed by atoms with Crippen LogP contribution < -0.4 is 4.74 Å². The molecule has 0 aliphatic heterocycles. The van der Waals surface area contributed by atoms with Crippen molar-refractivity contribution in [3.8, 4) is 17.0 Å². The minimum absolute atomic E-state index is 0.113. The highest BCUT2D eigenvalue weighted by Crippen LogP contribution is 2.55. The normalized spacial score (nSPS) is 24.0. The predicted octanol–water partition coefficient (Wildman–Crippen LogP) is 9.19. The van der Waals surface area contributed by atoms with Crippen molar-refractivity contribution in [3.63, 3.8) is 0 Å². The molecule has 0 amide bonds. The molecule has 0 saturated heterocycles. The maximum atomic E-state index is 6.81. The Bertz CT molecular complexity index is 1580. The molecular weight excluding hydrogens is 557 g/mol. The highest BCUT2D eigenvalue weighted by Gasteiger charge is 2.48. The molecule has 0 radical (unpaired) electrons. The Morgan fingerprint density at radius 1 is 1.02 bits per heavy atom. The molecule has 4 saturated carbocycles. The third-order valence-electron chi connectivity index (χ3n) is 9.27. The van der Waals surface area contributed by atoms with Gasteiger partial charge in [0.2, 0.25) is 0 Å². The van der Waals surface area contributed by atoms with Gasteiger partial charge in [-0.15, -0.1) is 0 Å². The zero-order valence-electron chi connectivity index (χ0n) is 23.2. The molecule has 4 fully saturated rings. The molecule has 0 unspecified atom stereocenters. The first-order valence-corrected chi connectivity index (χ1v) is 15.4. The summed E-state index contributed by atoms with van der Waals surface area (Å²) in [6, 6.07) is 8.36. The van der Waals surface area contributed by atoms with E-state index in [1.165, 1.54) is 5.56 Å². The Hall–Kier alpha value is -2.93. The molecule has 1 aromatic carbocycles. The summed E-state index contributed by atoms with van der Waals surface area (Å²) in [7, 11) is 0. The molecule has 41 heavy (non-hydrogen) atoms. The maximum absolute atomic E-state index is 6.81. The third-order valence-corrected chi connectivity index (χ3v) is 9.84. The zero-order valence-corrected chi connectivity index (χ0v) is 24.7. The van der Waals surface area contributed by atoms with Gasteiger partial charge >= 0.3 is 0 Å². The molecule has 8 rings (SSSR count). The van der Waals surface area contributed by atoms with Crippen molar-refractivity contribution in [2.24, 2.45) is 5.41 Å². The molecule has 0 atom stereocenters. The molecule has 3 heterocycles. The van der Waals surface area contributed by atoms with E-state index in [2.05, 4.69) is 45.5 Å². The molecule has 3 aromatic heterocycles. The fraction of sp³-hybridized carbons (Fsp3) is 0.424. The number of allylic oxidation sites excluding steroid dienone is 1. The van der Waals surface area contributed by atoms with Crippen molar-refractivity contribution in [2.75, 3.05) is 6.61 Å². The predicted molar refractivity (Wildman–Crippen MR) is 161 cm³/mol. The fourth-order valence-electron chi connectivity index (χ4n) is 6.63. The van der Waals surface area contributed by atoms with Crippen LogP contribution in [0, 0.1) is 5.41 Å². The summed E-state index contributed by atoms with van der Waals surface area (Å²) >= 11 is 13.0. The summed E-state index contributed by atoms with van der Waals surface area (Å²) in [6.07, 6.45) is 18.5. The quantitative estimate of drug-likeness (QED) is 0.194. The van der Waals surface area contributed by atoms with Gasteiger partial charge in [0.15, 0.2) is 0 Å². The Morgan fingerprint density at radius 3 is 2.49 bits per heavy atom. The second kappa shape index (κ2) is 10.7. The zero-order chi connectivity index (χ0) is 28.0. The van der Waals surface area contributed by atoms with Gasteiger partial charge in [-0.25, -0.2) is 0 Å². The monoisotopic (exact) mass is 589 g/mol. The van der Waals surface area contributed by atoms with Crippen LogP contribution in [0.5, 0.6) is 5.75 Å². The number of fused-ring (bicyclic) bond motifs is 4. The molecule has 4 aromatic rings. The number of rotatable bonds is 9. The molecule has 212 valence electrons. The lowest BCUT2D eigenvalue weighted by Crippen LogP contribution is -2.46. The van der Waals surface area contributed by atoms with Crippen LogP contribution in [0.3, 0.4) is 0 Å². The topological polar surface area (TPSA) is 70.3 Å². The maximum Gasteiger partial charge on any atom is 0.145 e. The van der Waals surface area contributed by atoms with Gasteiger partial charge in [0.25, 0.3) is 0 Å². The van der Waals surface area contributed by atoms with E-state index in [0.717, 1.165) is 79.3 Å². The number of hydrogen-bond acceptors (Lipinski definition) is 6. The average molecular weight is 591 g/mol. The molecule has 2 bridgehead atoms. The number of pyridine rings is 2. The highest BCUT2D eigenvalue weighted by molar-refractivity contribution is 6.38. The van der Waals surface area contributed by atoms with Gasteiger partial charge in [0.05, 0.1) is 34.4 Å². The molecule has 0 spiro atoms. The van der Waals surface area contributed by atoms with E-state index >= 15 is 0 Å². The van der Waals surface area contributed by atoms with Crippen LogP contribution >= 0.6 is 23.2 Å². The van der Waals surface area contributed by atoms with Crippen molar-refractivity contribution < 1.29 is 14.0 Å². The summed E-state index contributed by atoms with van der Waals surface area (Å²) in [6.45, 7) is 3.10. The Morgan fingerprint density at radius 2 is 1.78 bits per heavy atom. The Kier molecular flexibility index (Phi) is 7.04. The number of halogens is 2. The van der Waals surface area contributed by atoms with Gasteiger partial charge in [0.1, 0.15) is 17.2 Å². The van der Waals surface area contributed by atoms with Crippen molar-refractivity contribution >= 4 is 40.2 Å². The number of aromatic nitrogens is 3. The van der Waals surface area contributed by atoms with Gasteiger partial charge in [-0.05, 0) is 87.5 Å². The lowest BCUT2D eigenvalue weighted by molar-refractivity contribution is -0.133. The van der Waals surface area contributed by atoms with Crippen molar-refractivity contribution in [1.82, 2.24) is 15.1 Å². The number of benzene rings is 1. The van der Waals surface area contributed by atoms with Crippen molar-refractivity contribution in [3.05, 3.63) is 75.9 Å². The first kappa shape index (κ1) is 26.9. The SMILES string of the molecule is CCOc1ccnc2ccc(/C=C/C34CCC(OCc5c(-c6c(Cl)cncc6Cl)noc5C5CC5)(CC3)CC4)cc12. The van der Waals surface area contributed by atoms with E-state index in [1.807, 2.05) is 13.0 Å². The van der Waals surface area contributed by atoms with E-state index in [-0.39, 0.29) is 11.0 Å². The summed E-state index contributed by atoms with van der Waals surface area (Å²) in [5, 5.41) is 6.41. The minimum Gasteiger partial charge on any atom is -0.493 e. The van der Waals surface area contributed by atoms with E-state index in [1.54, 1.807) is 18.6 Å². The second-order valence-electron chi connectivity index (χ2n) is 11.8. The second-order valence-corrected chi connectivity index (χ2v) is 12.6. The summed E-state index contributed by atoms with van der Waals surface area (Å²) in [5.74, 6) is 2.21. The van der Waals surface area contributed by atoms with E-state index in [9.17, 15) is 0 Å². The van der Waals surface area contributed by atoms with Crippen LogP contribution in [-0.4, -0.2) is 27.3 Å². The summed E-state index contributed by atoms with van der Waals surface area (Å²) < 4.78 is 18.5. The average Bonchev–Trinajstić information content (AvgIpc) is 3.76. The first-order valence-electron chi connectivity index (χ1n) is 14.6. The van der Waals surface area contributed by atoms with Gasteiger partial charge < -0.3 is 14.0 Å². The van der Waals surface area contributed by atoms with E-state index in [0.29, 0.717) is 40.4 Å².